The molecule has 3 aromatic heterocycles. The van der Waals surface area contributed by atoms with Crippen molar-refractivity contribution in [1.29, 1.82) is 0 Å². The largest absolute Gasteiger partial charge is 0.465 e. The predicted molar refractivity (Wildman–Crippen MR) is 148 cm³/mol. The number of pyridine rings is 1. The Balaban J connectivity index is 1.64. The molecule has 5 rings (SSSR count). The quantitative estimate of drug-likeness (QED) is 0.222. The minimum Gasteiger partial charge on any atom is -0.465 e. The molecule has 0 aliphatic rings. The van der Waals surface area contributed by atoms with Gasteiger partial charge in [0.05, 0.1) is 34.7 Å². The number of halogens is 3. The average Bonchev–Trinajstić information content (AvgIpc) is 3.28. The Morgan fingerprint density at radius 3 is 2.52 bits per heavy atom. The van der Waals surface area contributed by atoms with Gasteiger partial charge in [-0.3, -0.25) is 4.79 Å². The highest BCUT2D eigenvalue weighted by molar-refractivity contribution is 7.18. The lowest BCUT2D eigenvalue weighted by atomic mass is 9.99. The molecule has 7 nitrogen and oxygen atoms in total. The van der Waals surface area contributed by atoms with Crippen LogP contribution < -0.4 is 10.7 Å². The summed E-state index contributed by atoms with van der Waals surface area (Å²) in [6.07, 6.45) is -4.63. The third kappa shape index (κ3) is 4.92. The first-order valence-corrected chi connectivity index (χ1v) is 13.1. The molecule has 0 fully saturated rings. The smallest absolute Gasteiger partial charge is 0.416 e. The van der Waals surface area contributed by atoms with E-state index >= 15 is 0 Å². The fraction of sp³-hybridized carbons (Fsp3) is 0.241. The number of ether oxygens (including phenoxy) is 1. The van der Waals surface area contributed by atoms with Crippen molar-refractivity contribution in [2.45, 2.75) is 39.9 Å². The molecular weight excluding hydrogens is 543 g/mol. The number of anilines is 1. The molecule has 0 aliphatic carbocycles. The molecule has 3 heterocycles. The van der Waals surface area contributed by atoms with E-state index in [9.17, 15) is 22.8 Å². The first-order chi connectivity index (χ1) is 18.9. The molecule has 11 heteroatoms. The Bertz CT molecular complexity index is 1860. The van der Waals surface area contributed by atoms with Crippen LogP contribution in [0.1, 0.15) is 50.6 Å². The van der Waals surface area contributed by atoms with Crippen molar-refractivity contribution in [1.82, 2.24) is 9.97 Å². The first-order valence-electron chi connectivity index (χ1n) is 12.3. The van der Waals surface area contributed by atoms with E-state index in [2.05, 4.69) is 15.3 Å². The van der Waals surface area contributed by atoms with E-state index in [1.165, 1.54) is 17.4 Å². The number of alkyl halides is 3. The SMILES string of the molecule is COC(=O)c1cc(C(F)(F)F)ccc1NC(C)c1cc(C)cc2c(=O)c(C)c(-c3ccc4nc(C)sc4n3)oc12. The van der Waals surface area contributed by atoms with Crippen molar-refractivity contribution in [3.8, 4) is 11.5 Å². The van der Waals surface area contributed by atoms with Crippen LogP contribution >= 0.6 is 11.3 Å². The topological polar surface area (TPSA) is 94.3 Å². The Kier molecular flexibility index (Phi) is 6.87. The summed E-state index contributed by atoms with van der Waals surface area (Å²) in [5, 5.41) is 4.33. The van der Waals surface area contributed by atoms with E-state index < -0.39 is 23.8 Å². The first kappa shape index (κ1) is 27.3. The molecule has 0 aliphatic heterocycles. The summed E-state index contributed by atoms with van der Waals surface area (Å²) in [7, 11) is 1.10. The number of esters is 1. The molecule has 1 N–H and O–H groups in total. The zero-order valence-electron chi connectivity index (χ0n) is 22.2. The van der Waals surface area contributed by atoms with Crippen molar-refractivity contribution in [2.75, 3.05) is 12.4 Å². The van der Waals surface area contributed by atoms with Gasteiger partial charge in [0.2, 0.25) is 0 Å². The average molecular weight is 568 g/mol. The lowest BCUT2D eigenvalue weighted by Crippen LogP contribution is -2.15. The molecular formula is C29H24F3N3O4S. The van der Waals surface area contributed by atoms with Crippen LogP contribution in [0.25, 0.3) is 32.8 Å². The number of aryl methyl sites for hydroxylation is 2. The van der Waals surface area contributed by atoms with Crippen molar-refractivity contribution in [3.63, 3.8) is 0 Å². The van der Waals surface area contributed by atoms with Crippen molar-refractivity contribution >= 4 is 44.3 Å². The number of rotatable bonds is 5. The number of aromatic nitrogens is 2. The minimum atomic E-state index is -4.63. The Morgan fingerprint density at radius 1 is 1.07 bits per heavy atom. The summed E-state index contributed by atoms with van der Waals surface area (Å²) in [6, 6.07) is 9.37. The lowest BCUT2D eigenvalue weighted by molar-refractivity contribution is -0.137. The second-order valence-corrected chi connectivity index (χ2v) is 10.7. The Labute approximate surface area is 230 Å². The van der Waals surface area contributed by atoms with Gasteiger partial charge in [-0.25, -0.2) is 14.8 Å². The third-order valence-corrected chi connectivity index (χ3v) is 7.46. The van der Waals surface area contributed by atoms with Gasteiger partial charge in [-0.1, -0.05) is 17.4 Å². The normalized spacial score (nSPS) is 12.6. The van der Waals surface area contributed by atoms with E-state index in [0.29, 0.717) is 38.4 Å². The molecule has 0 bridgehead atoms. The molecule has 0 spiro atoms. The number of hydrogen-bond donors (Lipinski definition) is 1. The van der Waals surface area contributed by atoms with Gasteiger partial charge < -0.3 is 14.5 Å². The fourth-order valence-corrected chi connectivity index (χ4v) is 5.41. The van der Waals surface area contributed by atoms with Crippen LogP contribution in [-0.2, 0) is 10.9 Å². The highest BCUT2D eigenvalue weighted by Gasteiger charge is 2.32. The number of methoxy groups -OCH3 is 1. The van der Waals surface area contributed by atoms with Gasteiger partial charge in [-0.15, -0.1) is 0 Å². The monoisotopic (exact) mass is 567 g/mol. The summed E-state index contributed by atoms with van der Waals surface area (Å²) >= 11 is 1.43. The molecule has 5 aromatic rings. The number of thiazole rings is 1. The zero-order chi connectivity index (χ0) is 28.9. The lowest BCUT2D eigenvalue weighted by Gasteiger charge is -2.21. The van der Waals surface area contributed by atoms with Crippen LogP contribution in [0.2, 0.25) is 0 Å². The number of nitrogens with one attached hydrogen (secondary N) is 1. The molecule has 1 atom stereocenters. The summed E-state index contributed by atoms with van der Waals surface area (Å²) in [5.41, 5.74) is 1.99. The van der Waals surface area contributed by atoms with Crippen molar-refractivity contribution in [3.05, 3.63) is 85.5 Å². The zero-order valence-corrected chi connectivity index (χ0v) is 23.0. The van der Waals surface area contributed by atoms with Crippen LogP contribution in [0.15, 0.2) is 51.7 Å². The minimum absolute atomic E-state index is 0.143. The molecule has 0 saturated carbocycles. The molecule has 0 saturated heterocycles. The standard InChI is InChI=1S/C29H24F3N3O4S/c1-13-10-18(15(3)33-21-7-6-17(29(30,31)32)12-19(21)28(37)38-5)26-20(11-13)24(36)14(2)25(39-26)22-8-9-23-27(35-22)40-16(4)34-23/h6-12,15,33H,1-5H3. The van der Waals surface area contributed by atoms with Gasteiger partial charge in [-0.05, 0) is 69.7 Å². The van der Waals surface area contributed by atoms with E-state index in [0.717, 1.165) is 35.3 Å². The highest BCUT2D eigenvalue weighted by Crippen LogP contribution is 2.35. The second-order valence-electron chi connectivity index (χ2n) is 9.49. The summed E-state index contributed by atoms with van der Waals surface area (Å²) in [6.45, 7) is 7.16. The molecule has 2 aromatic carbocycles. The van der Waals surface area contributed by atoms with Gasteiger partial charge in [0.25, 0.3) is 0 Å². The molecule has 1 unspecified atom stereocenters. The Hall–Kier alpha value is -4.25. The number of nitrogens with zero attached hydrogens (tertiary/aromatic N) is 2. The number of carbonyl (C=O) groups excluding carboxylic acids is 1. The maximum atomic E-state index is 13.5. The van der Waals surface area contributed by atoms with Crippen LogP contribution in [-0.4, -0.2) is 23.0 Å². The summed E-state index contributed by atoms with van der Waals surface area (Å²) in [4.78, 5) is 35.7. The molecule has 40 heavy (non-hydrogen) atoms. The van der Waals surface area contributed by atoms with E-state index in [-0.39, 0.29) is 16.7 Å². The van der Waals surface area contributed by atoms with E-state index in [4.69, 9.17) is 9.15 Å². The number of hydrogen-bond acceptors (Lipinski definition) is 8. The highest BCUT2D eigenvalue weighted by atomic mass is 32.1. The number of benzene rings is 2. The second kappa shape index (κ2) is 10.1. The third-order valence-electron chi connectivity index (χ3n) is 6.58. The fourth-order valence-electron chi connectivity index (χ4n) is 4.62. The Morgan fingerprint density at radius 2 is 1.82 bits per heavy atom. The number of carbonyl (C=O) groups is 1. The van der Waals surface area contributed by atoms with Crippen LogP contribution in [0, 0.1) is 20.8 Å². The molecule has 0 radical (unpaired) electrons. The van der Waals surface area contributed by atoms with Crippen molar-refractivity contribution < 1.29 is 27.1 Å². The van der Waals surface area contributed by atoms with Gasteiger partial charge >= 0.3 is 12.1 Å². The molecule has 0 amide bonds. The summed E-state index contributed by atoms with van der Waals surface area (Å²) < 4.78 is 51.1. The van der Waals surface area contributed by atoms with Gasteiger partial charge in [0.1, 0.15) is 21.6 Å². The predicted octanol–water partition coefficient (Wildman–Crippen LogP) is 7.37. The van der Waals surface area contributed by atoms with E-state index in [1.54, 1.807) is 26.0 Å². The van der Waals surface area contributed by atoms with Gasteiger partial charge in [0, 0.05) is 16.8 Å². The van der Waals surface area contributed by atoms with Gasteiger partial charge in [0.15, 0.2) is 11.2 Å². The van der Waals surface area contributed by atoms with Gasteiger partial charge in [-0.2, -0.15) is 13.2 Å². The van der Waals surface area contributed by atoms with Crippen LogP contribution in [0.5, 0.6) is 0 Å². The maximum absolute atomic E-state index is 13.5. The van der Waals surface area contributed by atoms with Crippen molar-refractivity contribution in [2.24, 2.45) is 0 Å². The summed E-state index contributed by atoms with van der Waals surface area (Å²) in [5.74, 6) is -0.605. The van der Waals surface area contributed by atoms with E-state index in [1.807, 2.05) is 26.0 Å². The van der Waals surface area contributed by atoms with Crippen LogP contribution in [0.4, 0.5) is 18.9 Å². The molecule has 206 valence electrons. The number of fused-ring (bicyclic) bond motifs is 2. The maximum Gasteiger partial charge on any atom is 0.416 e. The van der Waals surface area contributed by atoms with Crippen LogP contribution in [0.3, 0.4) is 0 Å².